The number of carbonyl (C=O) groups excluding carboxylic acids is 1. The molecule has 2 N–H and O–H groups in total. The number of nitrogens with one attached hydrogen (secondary N) is 2. The van der Waals surface area contributed by atoms with Crippen molar-refractivity contribution in [3.05, 3.63) is 24.1 Å². The Balaban J connectivity index is 1.63. The third kappa shape index (κ3) is 2.06. The zero-order valence-corrected chi connectivity index (χ0v) is 9.36. The van der Waals surface area contributed by atoms with Crippen LogP contribution < -0.4 is 5.32 Å². The van der Waals surface area contributed by atoms with E-state index in [0.717, 1.165) is 25.0 Å². The van der Waals surface area contributed by atoms with Crippen LogP contribution in [0.25, 0.3) is 11.1 Å². The zero-order valence-electron chi connectivity index (χ0n) is 9.36. The van der Waals surface area contributed by atoms with Gasteiger partial charge in [-0.3, -0.25) is 4.79 Å². The van der Waals surface area contributed by atoms with Crippen molar-refractivity contribution in [3.63, 3.8) is 0 Å². The van der Waals surface area contributed by atoms with Gasteiger partial charge in [-0.2, -0.15) is 0 Å². The summed E-state index contributed by atoms with van der Waals surface area (Å²) in [5, 5.41) is 2.85. The molecule has 90 valence electrons. The summed E-state index contributed by atoms with van der Waals surface area (Å²) in [6.07, 6.45) is 3.86. The molecular weight excluding hydrogens is 220 g/mol. The number of H-pyrrole nitrogens is 1. The van der Waals surface area contributed by atoms with Crippen LogP contribution in [0.1, 0.15) is 23.3 Å². The van der Waals surface area contributed by atoms with Crippen LogP contribution in [0, 0.1) is 0 Å². The summed E-state index contributed by atoms with van der Waals surface area (Å²) in [6, 6.07) is 3.51. The molecule has 2 aromatic heterocycles. The van der Waals surface area contributed by atoms with Crippen LogP contribution in [0.4, 0.5) is 0 Å². The fourth-order valence-electron chi connectivity index (χ4n) is 2.08. The molecule has 1 unspecified atom stereocenters. The van der Waals surface area contributed by atoms with Crippen LogP contribution in [-0.2, 0) is 4.74 Å². The van der Waals surface area contributed by atoms with Crippen LogP contribution in [0.15, 0.2) is 22.8 Å². The lowest BCUT2D eigenvalue weighted by Gasteiger charge is -2.09. The van der Waals surface area contributed by atoms with Gasteiger partial charge in [0.25, 0.3) is 5.91 Å². The molecule has 5 heteroatoms. The van der Waals surface area contributed by atoms with Crippen LogP contribution >= 0.6 is 0 Å². The first-order valence-corrected chi connectivity index (χ1v) is 5.79. The Kier molecular flexibility index (Phi) is 2.60. The van der Waals surface area contributed by atoms with Gasteiger partial charge in [0, 0.05) is 25.3 Å². The Hall–Kier alpha value is -1.75. The summed E-state index contributed by atoms with van der Waals surface area (Å²) in [4.78, 5) is 14.8. The van der Waals surface area contributed by atoms with E-state index in [2.05, 4.69) is 10.3 Å². The van der Waals surface area contributed by atoms with Crippen molar-refractivity contribution >= 4 is 17.0 Å². The zero-order chi connectivity index (χ0) is 11.7. The fraction of sp³-hybridized carbons (Fsp3) is 0.417. The van der Waals surface area contributed by atoms with Gasteiger partial charge < -0.3 is 19.5 Å². The van der Waals surface area contributed by atoms with Gasteiger partial charge in [-0.1, -0.05) is 0 Å². The average molecular weight is 234 g/mol. The van der Waals surface area contributed by atoms with Crippen LogP contribution in [0.5, 0.6) is 0 Å². The Morgan fingerprint density at radius 2 is 2.53 bits per heavy atom. The molecule has 5 nitrogen and oxygen atoms in total. The minimum absolute atomic E-state index is 0.119. The molecule has 0 radical (unpaired) electrons. The van der Waals surface area contributed by atoms with Gasteiger partial charge in [-0.15, -0.1) is 0 Å². The number of ether oxygens (including phenoxy) is 1. The average Bonchev–Trinajstić information content (AvgIpc) is 3.01. The second-order valence-corrected chi connectivity index (χ2v) is 4.23. The summed E-state index contributed by atoms with van der Waals surface area (Å²) < 4.78 is 10.6. The number of furan rings is 1. The van der Waals surface area contributed by atoms with Crippen molar-refractivity contribution in [3.8, 4) is 0 Å². The molecule has 17 heavy (non-hydrogen) atoms. The SMILES string of the molecule is O=C(NCC1CCCO1)c1cc2occc2[nH]1. The second kappa shape index (κ2) is 4.25. The van der Waals surface area contributed by atoms with Crippen LogP contribution in [0.3, 0.4) is 0 Å². The maximum absolute atomic E-state index is 11.8. The molecule has 1 aliphatic heterocycles. The van der Waals surface area contributed by atoms with E-state index in [1.54, 1.807) is 18.4 Å². The van der Waals surface area contributed by atoms with E-state index in [-0.39, 0.29) is 12.0 Å². The van der Waals surface area contributed by atoms with E-state index < -0.39 is 0 Å². The van der Waals surface area contributed by atoms with Gasteiger partial charge >= 0.3 is 0 Å². The molecule has 3 heterocycles. The first-order chi connectivity index (χ1) is 8.33. The number of hydrogen-bond acceptors (Lipinski definition) is 3. The summed E-state index contributed by atoms with van der Waals surface area (Å²) in [6.45, 7) is 1.37. The van der Waals surface area contributed by atoms with Gasteiger partial charge in [-0.25, -0.2) is 0 Å². The molecule has 2 aromatic rings. The second-order valence-electron chi connectivity index (χ2n) is 4.23. The van der Waals surface area contributed by atoms with Crippen molar-refractivity contribution < 1.29 is 13.9 Å². The van der Waals surface area contributed by atoms with Gasteiger partial charge in [0.05, 0.1) is 17.9 Å². The molecule has 0 saturated carbocycles. The molecule has 1 amide bonds. The van der Waals surface area contributed by atoms with Crippen molar-refractivity contribution in [1.82, 2.24) is 10.3 Å². The van der Waals surface area contributed by atoms with Crippen molar-refractivity contribution in [1.29, 1.82) is 0 Å². The fourth-order valence-corrected chi connectivity index (χ4v) is 2.08. The molecular formula is C12H14N2O3. The number of carbonyl (C=O) groups is 1. The van der Waals surface area contributed by atoms with Gasteiger partial charge in [0.1, 0.15) is 5.69 Å². The molecule has 3 rings (SSSR count). The molecule has 0 bridgehead atoms. The Bertz CT molecular complexity index is 494. The topological polar surface area (TPSA) is 67.3 Å². The standard InChI is InChI=1S/C12H14N2O3/c15-12(13-7-8-2-1-4-16-8)10-6-11-9(14-10)3-5-17-11/h3,5-6,8,14H,1-2,4,7H2,(H,13,15). The minimum Gasteiger partial charge on any atom is -0.463 e. The summed E-state index contributed by atoms with van der Waals surface area (Å²) in [5.41, 5.74) is 2.07. The summed E-state index contributed by atoms with van der Waals surface area (Å²) in [5.74, 6) is -0.119. The monoisotopic (exact) mass is 234 g/mol. The third-order valence-corrected chi connectivity index (χ3v) is 3.00. The first-order valence-electron chi connectivity index (χ1n) is 5.79. The molecule has 0 spiro atoms. The van der Waals surface area contributed by atoms with E-state index in [1.807, 2.05) is 0 Å². The molecule has 1 saturated heterocycles. The first kappa shape index (κ1) is 10.4. The van der Waals surface area contributed by atoms with Crippen LogP contribution in [-0.4, -0.2) is 30.1 Å². The van der Waals surface area contributed by atoms with Crippen LogP contribution in [0.2, 0.25) is 0 Å². The van der Waals surface area contributed by atoms with Gasteiger partial charge in [-0.05, 0) is 12.8 Å². The number of aromatic amines is 1. The van der Waals surface area contributed by atoms with Crippen molar-refractivity contribution in [2.45, 2.75) is 18.9 Å². The van der Waals surface area contributed by atoms with Gasteiger partial charge in [0.2, 0.25) is 0 Å². The normalized spacial score (nSPS) is 19.9. The number of fused-ring (bicyclic) bond motifs is 1. The quantitative estimate of drug-likeness (QED) is 0.848. The predicted octanol–water partition coefficient (Wildman–Crippen LogP) is 1.67. The predicted molar refractivity (Wildman–Crippen MR) is 61.9 cm³/mol. The number of hydrogen-bond donors (Lipinski definition) is 2. The number of aromatic nitrogens is 1. The number of rotatable bonds is 3. The van der Waals surface area contributed by atoms with E-state index in [9.17, 15) is 4.79 Å². The largest absolute Gasteiger partial charge is 0.463 e. The Morgan fingerprint density at radius 1 is 1.59 bits per heavy atom. The lowest BCUT2D eigenvalue weighted by Crippen LogP contribution is -2.31. The highest BCUT2D eigenvalue weighted by Gasteiger charge is 2.17. The molecule has 0 aliphatic carbocycles. The highest BCUT2D eigenvalue weighted by atomic mass is 16.5. The van der Waals surface area contributed by atoms with E-state index in [1.165, 1.54) is 0 Å². The highest BCUT2D eigenvalue weighted by Crippen LogP contribution is 2.16. The molecule has 1 atom stereocenters. The molecule has 1 aliphatic rings. The lowest BCUT2D eigenvalue weighted by molar-refractivity contribution is 0.0854. The Labute approximate surface area is 98.1 Å². The van der Waals surface area contributed by atoms with Gasteiger partial charge in [0.15, 0.2) is 5.58 Å². The maximum atomic E-state index is 11.8. The van der Waals surface area contributed by atoms with E-state index in [4.69, 9.17) is 9.15 Å². The smallest absolute Gasteiger partial charge is 0.267 e. The minimum atomic E-state index is -0.119. The molecule has 1 fully saturated rings. The van der Waals surface area contributed by atoms with Crippen molar-refractivity contribution in [2.24, 2.45) is 0 Å². The molecule has 0 aromatic carbocycles. The van der Waals surface area contributed by atoms with E-state index >= 15 is 0 Å². The van der Waals surface area contributed by atoms with E-state index in [0.29, 0.717) is 17.8 Å². The van der Waals surface area contributed by atoms with Crippen molar-refractivity contribution in [2.75, 3.05) is 13.2 Å². The maximum Gasteiger partial charge on any atom is 0.267 e. The number of amides is 1. The summed E-state index contributed by atoms with van der Waals surface area (Å²) >= 11 is 0. The third-order valence-electron chi connectivity index (χ3n) is 3.00. The Morgan fingerprint density at radius 3 is 3.29 bits per heavy atom. The summed E-state index contributed by atoms with van der Waals surface area (Å²) in [7, 11) is 0. The highest BCUT2D eigenvalue weighted by molar-refractivity contribution is 5.96. The lowest BCUT2D eigenvalue weighted by atomic mass is 10.2.